The van der Waals surface area contributed by atoms with Crippen molar-refractivity contribution >= 4 is 11.8 Å². The summed E-state index contributed by atoms with van der Waals surface area (Å²) in [5.41, 5.74) is 0.521. The van der Waals surface area contributed by atoms with Gasteiger partial charge < -0.3 is 14.7 Å². The lowest BCUT2D eigenvalue weighted by atomic mass is 10.3. The predicted octanol–water partition coefficient (Wildman–Crippen LogP) is 2.29. The van der Waals surface area contributed by atoms with Crippen LogP contribution in [0.25, 0.3) is 0 Å². The number of aromatic amines is 2. The van der Waals surface area contributed by atoms with E-state index in [0.717, 1.165) is 17.8 Å². The molecule has 1 heterocycles. The van der Waals surface area contributed by atoms with E-state index in [0.29, 0.717) is 11.5 Å². The summed E-state index contributed by atoms with van der Waals surface area (Å²) in [4.78, 5) is 15.9. The molecular formula is C12H12F2N2O2S. The van der Waals surface area contributed by atoms with Gasteiger partial charge in [-0.25, -0.2) is 13.6 Å². The number of thioether (sulfide) groups is 1. The van der Waals surface area contributed by atoms with Crippen molar-refractivity contribution in [3.05, 3.63) is 52.2 Å². The van der Waals surface area contributed by atoms with Crippen LogP contribution in [-0.4, -0.2) is 22.3 Å². The molecule has 2 rings (SSSR count). The first-order valence-electron chi connectivity index (χ1n) is 5.58. The minimum atomic E-state index is -0.708. The van der Waals surface area contributed by atoms with Gasteiger partial charge >= 0.3 is 5.69 Å². The second-order valence-corrected chi connectivity index (χ2v) is 4.83. The Balaban J connectivity index is 1.74. The van der Waals surface area contributed by atoms with E-state index >= 15 is 0 Å². The van der Waals surface area contributed by atoms with Crippen LogP contribution in [0.1, 0.15) is 5.69 Å². The van der Waals surface area contributed by atoms with E-state index in [1.165, 1.54) is 17.8 Å². The number of H-pyrrole nitrogens is 2. The summed E-state index contributed by atoms with van der Waals surface area (Å²) >= 11 is 1.49. The van der Waals surface area contributed by atoms with E-state index in [1.54, 1.807) is 6.20 Å². The standard InChI is InChI=1S/C12H12F2N2O2S/c13-9-2-1-3-10(14)11(9)18-4-5-19-7-8-6-15-12(17)16-8/h1-3,6H,4-5,7H2,(H2,15,16,17). The maximum atomic E-state index is 13.2. The zero-order valence-corrected chi connectivity index (χ0v) is 10.7. The molecule has 4 nitrogen and oxygen atoms in total. The number of hydrogen-bond acceptors (Lipinski definition) is 3. The van der Waals surface area contributed by atoms with Gasteiger partial charge in [0.05, 0.1) is 6.61 Å². The Morgan fingerprint density at radius 3 is 2.63 bits per heavy atom. The summed E-state index contributed by atoms with van der Waals surface area (Å²) in [6.45, 7) is 0.192. The summed E-state index contributed by atoms with van der Waals surface area (Å²) in [7, 11) is 0. The van der Waals surface area contributed by atoms with Crippen LogP contribution in [0.5, 0.6) is 5.75 Å². The summed E-state index contributed by atoms with van der Waals surface area (Å²) in [6.07, 6.45) is 1.59. The monoisotopic (exact) mass is 286 g/mol. The topological polar surface area (TPSA) is 57.9 Å². The van der Waals surface area contributed by atoms with Crippen molar-refractivity contribution in [1.82, 2.24) is 9.97 Å². The lowest BCUT2D eigenvalue weighted by Crippen LogP contribution is -2.04. The van der Waals surface area contributed by atoms with Crippen LogP contribution in [0.4, 0.5) is 8.78 Å². The Hall–Kier alpha value is -1.76. The van der Waals surface area contributed by atoms with Crippen molar-refractivity contribution in [1.29, 1.82) is 0 Å². The van der Waals surface area contributed by atoms with Crippen LogP contribution in [0.3, 0.4) is 0 Å². The number of imidazole rings is 1. The first-order valence-corrected chi connectivity index (χ1v) is 6.73. The van der Waals surface area contributed by atoms with Gasteiger partial charge in [0, 0.05) is 23.4 Å². The molecule has 0 saturated heterocycles. The van der Waals surface area contributed by atoms with Gasteiger partial charge in [0.2, 0.25) is 0 Å². The molecule has 0 spiro atoms. The fourth-order valence-corrected chi connectivity index (χ4v) is 2.17. The molecule has 0 aliphatic rings. The second-order valence-electron chi connectivity index (χ2n) is 3.72. The van der Waals surface area contributed by atoms with Crippen molar-refractivity contribution in [2.75, 3.05) is 12.4 Å². The van der Waals surface area contributed by atoms with Crippen molar-refractivity contribution in [2.45, 2.75) is 5.75 Å². The molecule has 1 aromatic carbocycles. The van der Waals surface area contributed by atoms with Gasteiger partial charge in [-0.05, 0) is 12.1 Å². The largest absolute Gasteiger partial charge is 0.487 e. The third-order valence-corrected chi connectivity index (χ3v) is 3.27. The van der Waals surface area contributed by atoms with Gasteiger partial charge in [0.25, 0.3) is 0 Å². The molecule has 7 heteroatoms. The van der Waals surface area contributed by atoms with Crippen molar-refractivity contribution < 1.29 is 13.5 Å². The lowest BCUT2D eigenvalue weighted by molar-refractivity contribution is 0.305. The van der Waals surface area contributed by atoms with Gasteiger partial charge in [-0.3, -0.25) is 0 Å². The summed E-state index contributed by atoms with van der Waals surface area (Å²) < 4.78 is 31.5. The van der Waals surface area contributed by atoms with E-state index < -0.39 is 11.6 Å². The van der Waals surface area contributed by atoms with Gasteiger partial charge in [0.15, 0.2) is 17.4 Å². The minimum Gasteiger partial charge on any atom is -0.487 e. The third-order valence-electron chi connectivity index (χ3n) is 2.30. The van der Waals surface area contributed by atoms with Crippen molar-refractivity contribution in [2.24, 2.45) is 0 Å². The van der Waals surface area contributed by atoms with Crippen LogP contribution in [0.2, 0.25) is 0 Å². The highest BCUT2D eigenvalue weighted by Gasteiger charge is 2.08. The highest BCUT2D eigenvalue weighted by Crippen LogP contribution is 2.21. The summed E-state index contributed by atoms with van der Waals surface area (Å²) in [6, 6.07) is 3.58. The zero-order chi connectivity index (χ0) is 13.7. The molecule has 2 N–H and O–H groups in total. The number of halogens is 2. The smallest absolute Gasteiger partial charge is 0.323 e. The Morgan fingerprint density at radius 1 is 1.26 bits per heavy atom. The van der Waals surface area contributed by atoms with E-state index in [1.807, 2.05) is 0 Å². The molecule has 0 amide bonds. The molecule has 0 radical (unpaired) electrons. The Bertz CT molecular complexity index is 577. The first-order chi connectivity index (χ1) is 9.16. The zero-order valence-electron chi connectivity index (χ0n) is 9.91. The van der Waals surface area contributed by atoms with Crippen LogP contribution >= 0.6 is 11.8 Å². The van der Waals surface area contributed by atoms with Crippen LogP contribution in [0, 0.1) is 11.6 Å². The third kappa shape index (κ3) is 3.85. The fourth-order valence-electron chi connectivity index (χ4n) is 1.45. The molecule has 19 heavy (non-hydrogen) atoms. The van der Waals surface area contributed by atoms with Gasteiger partial charge in [0.1, 0.15) is 0 Å². The first kappa shape index (κ1) is 13.7. The average molecular weight is 286 g/mol. The normalized spacial score (nSPS) is 10.6. The highest BCUT2D eigenvalue weighted by molar-refractivity contribution is 7.98. The Labute approximate surface area is 112 Å². The molecule has 0 unspecified atom stereocenters. The van der Waals surface area contributed by atoms with Crippen LogP contribution < -0.4 is 10.4 Å². The fraction of sp³-hybridized carbons (Fsp3) is 0.250. The Morgan fingerprint density at radius 2 is 2.00 bits per heavy atom. The summed E-state index contributed by atoms with van der Waals surface area (Å²) in [5, 5.41) is 0. The highest BCUT2D eigenvalue weighted by atomic mass is 32.2. The van der Waals surface area contributed by atoms with E-state index in [9.17, 15) is 13.6 Å². The number of nitrogens with one attached hydrogen (secondary N) is 2. The number of aromatic nitrogens is 2. The molecule has 0 saturated carbocycles. The minimum absolute atomic E-state index is 0.192. The predicted molar refractivity (Wildman–Crippen MR) is 69.4 cm³/mol. The number of benzene rings is 1. The van der Waals surface area contributed by atoms with Gasteiger partial charge in [-0.15, -0.1) is 0 Å². The van der Waals surface area contributed by atoms with E-state index in [-0.39, 0.29) is 18.0 Å². The molecule has 0 fully saturated rings. The molecule has 0 atom stereocenters. The van der Waals surface area contributed by atoms with Gasteiger partial charge in [-0.1, -0.05) is 6.07 Å². The molecule has 102 valence electrons. The van der Waals surface area contributed by atoms with Gasteiger partial charge in [-0.2, -0.15) is 11.8 Å². The number of ether oxygens (including phenoxy) is 1. The number of para-hydroxylation sites is 1. The molecule has 0 bridgehead atoms. The average Bonchev–Trinajstić information content (AvgIpc) is 2.78. The molecule has 0 aliphatic heterocycles. The maximum absolute atomic E-state index is 13.2. The molecular weight excluding hydrogens is 274 g/mol. The van der Waals surface area contributed by atoms with Crippen LogP contribution in [0.15, 0.2) is 29.2 Å². The lowest BCUT2D eigenvalue weighted by Gasteiger charge is -2.07. The van der Waals surface area contributed by atoms with Crippen LogP contribution in [-0.2, 0) is 5.75 Å². The van der Waals surface area contributed by atoms with E-state index in [2.05, 4.69) is 9.97 Å². The molecule has 2 aromatic rings. The molecule has 1 aromatic heterocycles. The maximum Gasteiger partial charge on any atom is 0.323 e. The Kier molecular flexibility index (Phi) is 4.62. The summed E-state index contributed by atoms with van der Waals surface area (Å²) in [5.74, 6) is -0.610. The van der Waals surface area contributed by atoms with Crippen molar-refractivity contribution in [3.63, 3.8) is 0 Å². The SMILES string of the molecule is O=c1[nH]cc(CSCCOc2c(F)cccc2F)[nH]1. The van der Waals surface area contributed by atoms with E-state index in [4.69, 9.17) is 4.74 Å². The second kappa shape index (κ2) is 6.42. The number of hydrogen-bond donors (Lipinski definition) is 2. The number of rotatable bonds is 6. The van der Waals surface area contributed by atoms with Crippen molar-refractivity contribution in [3.8, 4) is 5.75 Å². The quantitative estimate of drug-likeness (QED) is 0.801. The molecule has 0 aliphatic carbocycles.